The summed E-state index contributed by atoms with van der Waals surface area (Å²) >= 11 is 12.0. The number of amides is 1. The minimum absolute atomic E-state index is 0.0373. The van der Waals surface area contributed by atoms with Gasteiger partial charge >= 0.3 is 0 Å². The molecule has 0 aromatic heterocycles. The van der Waals surface area contributed by atoms with Gasteiger partial charge in [0.1, 0.15) is 17.2 Å². The highest BCUT2D eigenvalue weighted by molar-refractivity contribution is 6.31. The van der Waals surface area contributed by atoms with Gasteiger partial charge in [-0.15, -0.1) is 0 Å². The number of likely N-dealkylation sites (tertiary alicyclic amines) is 1. The summed E-state index contributed by atoms with van der Waals surface area (Å²) in [6.07, 6.45) is 2.41. The van der Waals surface area contributed by atoms with E-state index in [0.29, 0.717) is 30.1 Å². The first-order chi connectivity index (χ1) is 14.4. The van der Waals surface area contributed by atoms with Gasteiger partial charge in [-0.25, -0.2) is 8.78 Å². The number of nitrogens with zero attached hydrogens (tertiary/aromatic N) is 1. The number of fused-ring (bicyclic) bond motifs is 2. The third kappa shape index (κ3) is 2.81. The molecule has 2 heterocycles. The first-order valence-corrected chi connectivity index (χ1v) is 10.8. The highest BCUT2D eigenvalue weighted by Gasteiger charge is 2.63. The van der Waals surface area contributed by atoms with E-state index in [0.717, 1.165) is 12.8 Å². The second-order valence-corrected chi connectivity index (χ2v) is 9.21. The van der Waals surface area contributed by atoms with Crippen LogP contribution >= 0.6 is 23.2 Å². The highest BCUT2D eigenvalue weighted by Crippen LogP contribution is 2.58. The Hall–Kier alpha value is -1.73. The number of nitrogens with one attached hydrogen (secondary N) is 1. The van der Waals surface area contributed by atoms with Crippen molar-refractivity contribution in [2.75, 3.05) is 18.5 Å². The molecule has 3 unspecified atom stereocenters. The fraction of sp³-hybridized carbons (Fsp3) is 0.409. The highest BCUT2D eigenvalue weighted by atomic mass is 35.5. The van der Waals surface area contributed by atoms with E-state index in [4.69, 9.17) is 23.2 Å². The van der Waals surface area contributed by atoms with Crippen LogP contribution in [0.2, 0.25) is 10.0 Å². The molecule has 8 heteroatoms. The van der Waals surface area contributed by atoms with E-state index in [1.54, 1.807) is 12.1 Å². The van der Waals surface area contributed by atoms with Gasteiger partial charge in [0.05, 0.1) is 16.7 Å². The number of aliphatic hydroxyl groups is 1. The van der Waals surface area contributed by atoms with Crippen molar-refractivity contribution in [3.05, 3.63) is 63.1 Å². The lowest BCUT2D eigenvalue weighted by molar-refractivity contribution is -0.128. The number of carbonyl (C=O) groups excluding carboxylic acids is 1. The maximum atomic E-state index is 15.1. The minimum Gasteiger partial charge on any atom is -0.395 e. The summed E-state index contributed by atoms with van der Waals surface area (Å²) in [7, 11) is 0. The summed E-state index contributed by atoms with van der Waals surface area (Å²) in [4.78, 5) is 15.5. The van der Waals surface area contributed by atoms with Crippen molar-refractivity contribution in [1.29, 1.82) is 0 Å². The second kappa shape index (κ2) is 7.16. The second-order valence-electron chi connectivity index (χ2n) is 8.40. The smallest absolute Gasteiger partial charge is 0.250 e. The molecular formula is C22H20Cl2F2N2O2. The van der Waals surface area contributed by atoms with Crippen molar-refractivity contribution in [2.45, 2.75) is 36.8 Å². The van der Waals surface area contributed by atoms with Crippen molar-refractivity contribution in [1.82, 2.24) is 4.90 Å². The standard InChI is InChI=1S/C22H20Cl2F2N2O2/c23-16-3-1-2-13(20(16)26)14-6-12(10-29)28(9-11-4-5-11)22(14)15-7-18(25)17(24)8-19(15)27-21(22)30/h1-3,7-8,11-12,14,29H,4-6,9-10H2,(H,27,30). The molecule has 1 saturated carbocycles. The zero-order valence-electron chi connectivity index (χ0n) is 16.0. The quantitative estimate of drug-likeness (QED) is 0.707. The molecule has 2 N–H and O–H groups in total. The van der Waals surface area contributed by atoms with Gasteiger partial charge in [-0.05, 0) is 48.9 Å². The zero-order chi connectivity index (χ0) is 21.2. The van der Waals surface area contributed by atoms with E-state index in [-0.39, 0.29) is 34.2 Å². The number of carbonyl (C=O) groups is 1. The number of anilines is 1. The van der Waals surface area contributed by atoms with E-state index in [1.807, 2.05) is 4.90 Å². The molecule has 1 amide bonds. The Morgan fingerprint density at radius 3 is 2.67 bits per heavy atom. The monoisotopic (exact) mass is 452 g/mol. The van der Waals surface area contributed by atoms with Crippen LogP contribution in [-0.2, 0) is 10.3 Å². The van der Waals surface area contributed by atoms with Gasteiger partial charge in [0.2, 0.25) is 5.91 Å². The van der Waals surface area contributed by atoms with E-state index < -0.39 is 23.1 Å². The molecule has 5 rings (SSSR count). The van der Waals surface area contributed by atoms with Crippen LogP contribution < -0.4 is 5.32 Å². The first-order valence-electron chi connectivity index (χ1n) is 10.00. The maximum absolute atomic E-state index is 15.1. The Labute approximate surface area is 182 Å². The van der Waals surface area contributed by atoms with E-state index in [1.165, 1.54) is 18.2 Å². The van der Waals surface area contributed by atoms with Crippen molar-refractivity contribution in [2.24, 2.45) is 5.92 Å². The Morgan fingerprint density at radius 2 is 1.97 bits per heavy atom. The van der Waals surface area contributed by atoms with E-state index in [2.05, 4.69) is 5.32 Å². The third-order valence-corrected chi connectivity index (χ3v) is 7.27. The molecule has 3 aliphatic rings. The molecule has 2 aromatic rings. The molecule has 2 aromatic carbocycles. The lowest BCUT2D eigenvalue weighted by atomic mass is 9.75. The molecule has 0 radical (unpaired) electrons. The molecule has 30 heavy (non-hydrogen) atoms. The number of aliphatic hydroxyl groups excluding tert-OH is 1. The lowest BCUT2D eigenvalue weighted by Crippen LogP contribution is -2.53. The van der Waals surface area contributed by atoms with E-state index in [9.17, 15) is 14.3 Å². The topological polar surface area (TPSA) is 52.6 Å². The van der Waals surface area contributed by atoms with Crippen molar-refractivity contribution < 1.29 is 18.7 Å². The number of rotatable bonds is 4. The Morgan fingerprint density at radius 1 is 1.20 bits per heavy atom. The SMILES string of the molecule is O=C1Nc2cc(Cl)c(F)cc2C12C(c1cccc(Cl)c1F)CC(CO)N2CC1CC1. The molecule has 1 aliphatic carbocycles. The summed E-state index contributed by atoms with van der Waals surface area (Å²) in [5, 5.41) is 12.8. The summed E-state index contributed by atoms with van der Waals surface area (Å²) in [6.45, 7) is 0.382. The number of benzene rings is 2. The normalized spacial score (nSPS) is 28.2. The molecule has 4 nitrogen and oxygen atoms in total. The maximum Gasteiger partial charge on any atom is 0.250 e. The molecule has 1 saturated heterocycles. The van der Waals surface area contributed by atoms with Gasteiger partial charge in [-0.3, -0.25) is 9.69 Å². The fourth-order valence-corrected chi connectivity index (χ4v) is 5.53. The minimum atomic E-state index is -1.34. The molecule has 2 aliphatic heterocycles. The molecule has 158 valence electrons. The summed E-state index contributed by atoms with van der Waals surface area (Å²) in [5.74, 6) is -1.85. The first kappa shape index (κ1) is 20.2. The van der Waals surface area contributed by atoms with Crippen LogP contribution in [0.3, 0.4) is 0 Å². The van der Waals surface area contributed by atoms with Gasteiger partial charge in [0.25, 0.3) is 0 Å². The van der Waals surface area contributed by atoms with Crippen molar-refractivity contribution >= 4 is 34.8 Å². The van der Waals surface area contributed by atoms with Gasteiger partial charge in [0.15, 0.2) is 0 Å². The average molecular weight is 453 g/mol. The van der Waals surface area contributed by atoms with Crippen molar-refractivity contribution in [3.63, 3.8) is 0 Å². The Bertz CT molecular complexity index is 1050. The lowest BCUT2D eigenvalue weighted by Gasteiger charge is -2.39. The summed E-state index contributed by atoms with van der Waals surface area (Å²) in [5.41, 5.74) is -0.214. The third-order valence-electron chi connectivity index (χ3n) is 6.69. The number of hydrogen-bond acceptors (Lipinski definition) is 3. The predicted octanol–water partition coefficient (Wildman–Crippen LogP) is 4.68. The number of halogens is 4. The van der Waals surface area contributed by atoms with Crippen LogP contribution in [0.15, 0.2) is 30.3 Å². The molecular weight excluding hydrogens is 433 g/mol. The van der Waals surface area contributed by atoms with Crippen LogP contribution in [0.5, 0.6) is 0 Å². The molecule has 1 spiro atoms. The predicted molar refractivity (Wildman–Crippen MR) is 111 cm³/mol. The number of hydrogen-bond donors (Lipinski definition) is 2. The Balaban J connectivity index is 1.76. The van der Waals surface area contributed by atoms with Crippen LogP contribution in [0, 0.1) is 17.6 Å². The van der Waals surface area contributed by atoms with Gasteiger partial charge in [-0.1, -0.05) is 35.3 Å². The summed E-state index contributed by atoms with van der Waals surface area (Å²) < 4.78 is 29.7. The fourth-order valence-electron chi connectivity index (χ4n) is 5.18. The van der Waals surface area contributed by atoms with Crippen molar-refractivity contribution in [3.8, 4) is 0 Å². The average Bonchev–Trinajstić information content (AvgIpc) is 3.42. The van der Waals surface area contributed by atoms with E-state index >= 15 is 4.39 Å². The molecule has 0 bridgehead atoms. The van der Waals surface area contributed by atoms with Crippen LogP contribution in [0.1, 0.15) is 36.3 Å². The van der Waals surface area contributed by atoms with Crippen LogP contribution in [-0.4, -0.2) is 35.1 Å². The summed E-state index contributed by atoms with van der Waals surface area (Å²) in [6, 6.07) is 7.00. The van der Waals surface area contributed by atoms with Crippen LogP contribution in [0.4, 0.5) is 14.5 Å². The zero-order valence-corrected chi connectivity index (χ0v) is 17.5. The molecule has 3 atom stereocenters. The Kier molecular flexibility index (Phi) is 4.82. The van der Waals surface area contributed by atoms with Crippen LogP contribution in [0.25, 0.3) is 0 Å². The van der Waals surface area contributed by atoms with Gasteiger partial charge in [-0.2, -0.15) is 0 Å². The van der Waals surface area contributed by atoms with Gasteiger partial charge in [0, 0.05) is 29.8 Å². The molecule has 2 fully saturated rings. The largest absolute Gasteiger partial charge is 0.395 e. The van der Waals surface area contributed by atoms with Gasteiger partial charge < -0.3 is 10.4 Å².